The Bertz CT molecular complexity index is 1310. The fourth-order valence-corrected chi connectivity index (χ4v) is 4.93. The quantitative estimate of drug-likeness (QED) is 0.435. The maximum absolute atomic E-state index is 13.8. The van der Waals surface area contributed by atoms with Gasteiger partial charge in [0.1, 0.15) is 5.76 Å². The summed E-state index contributed by atoms with van der Waals surface area (Å²) in [5.41, 5.74) is 5.54. The van der Waals surface area contributed by atoms with Gasteiger partial charge in [-0.2, -0.15) is 5.10 Å². The molecule has 0 bridgehead atoms. The largest absolute Gasteiger partial charge is 0.361 e. The Kier molecular flexibility index (Phi) is 5.03. The lowest BCUT2D eigenvalue weighted by Crippen LogP contribution is -2.45. The van der Waals surface area contributed by atoms with Crippen LogP contribution in [0.5, 0.6) is 0 Å². The minimum absolute atomic E-state index is 0.217. The molecule has 0 aromatic carbocycles. The summed E-state index contributed by atoms with van der Waals surface area (Å²) in [6, 6.07) is 1.96. The number of hydrogen-bond donors (Lipinski definition) is 0. The van der Waals surface area contributed by atoms with Crippen LogP contribution < -0.4 is 0 Å². The Morgan fingerprint density at radius 3 is 2.45 bits per heavy atom. The monoisotopic (exact) mass is 445 g/mol. The molecular formula is C23H23B2F2N5O. The van der Waals surface area contributed by atoms with Gasteiger partial charge >= 0.3 is 0 Å². The van der Waals surface area contributed by atoms with E-state index in [9.17, 15) is 8.78 Å². The Hall–Kier alpha value is -2.90. The smallest absolute Gasteiger partial charge is 0.248 e. The molecule has 4 aromatic rings. The second-order valence-electron chi connectivity index (χ2n) is 9.12. The molecule has 1 fully saturated rings. The van der Waals surface area contributed by atoms with Crippen molar-refractivity contribution in [3.8, 4) is 22.3 Å². The highest BCUT2D eigenvalue weighted by atomic mass is 19.3. The number of fused-ring (bicyclic) bond motifs is 1. The van der Waals surface area contributed by atoms with Gasteiger partial charge in [0.2, 0.25) is 5.92 Å². The van der Waals surface area contributed by atoms with E-state index in [0.29, 0.717) is 16.8 Å². The number of aryl methyl sites for hydroxylation is 3. The summed E-state index contributed by atoms with van der Waals surface area (Å²) in [7, 11) is 15.3. The summed E-state index contributed by atoms with van der Waals surface area (Å²) in [4.78, 5) is 4.75. The molecule has 33 heavy (non-hydrogen) atoms. The molecule has 0 unspecified atom stereocenters. The Labute approximate surface area is 193 Å². The van der Waals surface area contributed by atoms with Gasteiger partial charge in [0, 0.05) is 60.7 Å². The lowest BCUT2D eigenvalue weighted by molar-refractivity contribution is -0.0498. The molecule has 166 valence electrons. The topological polar surface area (TPSA) is 61.7 Å². The molecule has 1 saturated carbocycles. The van der Waals surface area contributed by atoms with E-state index in [1.165, 1.54) is 0 Å². The van der Waals surface area contributed by atoms with Crippen molar-refractivity contribution >= 4 is 26.7 Å². The normalized spacial score (nSPS) is 17.1. The van der Waals surface area contributed by atoms with Gasteiger partial charge in [-0.25, -0.2) is 8.78 Å². The van der Waals surface area contributed by atoms with Crippen molar-refractivity contribution in [1.82, 2.24) is 24.5 Å². The van der Waals surface area contributed by atoms with Gasteiger partial charge in [-0.05, 0) is 44.0 Å². The summed E-state index contributed by atoms with van der Waals surface area (Å²) in [5.74, 6) is -2.29. The van der Waals surface area contributed by atoms with E-state index in [0.717, 1.165) is 27.9 Å². The molecule has 10 heteroatoms. The predicted octanol–water partition coefficient (Wildman–Crippen LogP) is 4.48. The first-order valence-corrected chi connectivity index (χ1v) is 11.0. The first-order valence-electron chi connectivity index (χ1n) is 11.0. The molecule has 0 atom stereocenters. The van der Waals surface area contributed by atoms with Crippen LogP contribution in [-0.4, -0.2) is 46.1 Å². The van der Waals surface area contributed by atoms with Crippen LogP contribution in [-0.2, 0) is 12.4 Å². The van der Waals surface area contributed by atoms with Crippen LogP contribution in [0.15, 0.2) is 35.4 Å². The zero-order valence-corrected chi connectivity index (χ0v) is 18.8. The number of halogens is 2. The van der Waals surface area contributed by atoms with Crippen LogP contribution in [0.25, 0.3) is 33.3 Å². The molecule has 5 rings (SSSR count). The second-order valence-corrected chi connectivity index (χ2v) is 9.12. The van der Waals surface area contributed by atoms with Crippen molar-refractivity contribution in [2.75, 3.05) is 0 Å². The molecule has 6 nitrogen and oxygen atoms in total. The van der Waals surface area contributed by atoms with Gasteiger partial charge in [-0.15, -0.1) is 0 Å². The summed E-state index contributed by atoms with van der Waals surface area (Å²) in [5, 5.41) is 6.95. The number of rotatable bonds is 4. The zero-order chi connectivity index (χ0) is 23.5. The van der Waals surface area contributed by atoms with Crippen molar-refractivity contribution in [3.63, 3.8) is 0 Å². The van der Waals surface area contributed by atoms with Crippen LogP contribution >= 0.6 is 0 Å². The van der Waals surface area contributed by atoms with Crippen LogP contribution in [0, 0.1) is 19.8 Å². The minimum atomic E-state index is -2.66. The fourth-order valence-electron chi connectivity index (χ4n) is 4.93. The Morgan fingerprint density at radius 1 is 1.12 bits per heavy atom. The van der Waals surface area contributed by atoms with Crippen molar-refractivity contribution in [2.45, 2.75) is 50.8 Å². The first kappa shape index (κ1) is 21.9. The summed E-state index contributed by atoms with van der Waals surface area (Å²) in [6.45, 7) is 3.71. The molecule has 4 radical (unpaired) electrons. The number of pyridine rings is 1. The molecule has 0 spiro atoms. The Morgan fingerprint density at radius 2 is 1.85 bits per heavy atom. The van der Waals surface area contributed by atoms with Crippen molar-refractivity contribution in [3.05, 3.63) is 42.3 Å². The molecule has 4 aromatic heterocycles. The third kappa shape index (κ3) is 3.69. The summed E-state index contributed by atoms with van der Waals surface area (Å²) >= 11 is 0. The average molecular weight is 445 g/mol. The van der Waals surface area contributed by atoms with E-state index in [1.54, 1.807) is 21.6 Å². The van der Waals surface area contributed by atoms with Crippen molar-refractivity contribution in [1.29, 1.82) is 0 Å². The van der Waals surface area contributed by atoms with Crippen LogP contribution in [0.3, 0.4) is 0 Å². The molecule has 4 heterocycles. The lowest BCUT2D eigenvalue weighted by Gasteiger charge is -2.42. The van der Waals surface area contributed by atoms with Crippen LogP contribution in [0.2, 0.25) is 0 Å². The summed E-state index contributed by atoms with van der Waals surface area (Å²) < 4.78 is 36.5. The van der Waals surface area contributed by atoms with Gasteiger partial charge in [0.05, 0.1) is 38.6 Å². The van der Waals surface area contributed by atoms with E-state index in [4.69, 9.17) is 25.2 Å². The molecule has 1 aliphatic rings. The van der Waals surface area contributed by atoms with E-state index in [2.05, 4.69) is 10.3 Å². The highest BCUT2D eigenvalue weighted by molar-refractivity contribution is 6.38. The average Bonchev–Trinajstić information content (AvgIpc) is 3.44. The van der Waals surface area contributed by atoms with Crippen LogP contribution in [0.4, 0.5) is 8.78 Å². The third-order valence-electron chi connectivity index (χ3n) is 6.77. The van der Waals surface area contributed by atoms with Gasteiger partial charge in [0.25, 0.3) is 0 Å². The highest BCUT2D eigenvalue weighted by Crippen LogP contribution is 2.43. The SMILES string of the molecule is [B]C([B])(C1CCC(F)(F)CC1)n1cc(-c2cnn(C)c2)c2ncc(-c3c(C)noc3C)cc21. The standard InChI is InChI=1S/C23H23B2F2N5O/c1-13-20(14(2)33-30-13)15-8-19-21(28-9-15)18(16-10-29-31(3)11-16)12-32(19)23(24,25)17-4-6-22(26,27)7-5-17/h8-12,17H,4-7H2,1-3H3. The van der Waals surface area contributed by atoms with Gasteiger partial charge in [-0.3, -0.25) is 9.67 Å². The second kappa shape index (κ2) is 7.57. The highest BCUT2D eigenvalue weighted by Gasteiger charge is 2.41. The first-order chi connectivity index (χ1) is 15.6. The van der Waals surface area contributed by atoms with Gasteiger partial charge in [-0.1, -0.05) is 5.16 Å². The molecule has 0 aliphatic heterocycles. The Balaban J connectivity index is 1.68. The van der Waals surface area contributed by atoms with E-state index in [-0.39, 0.29) is 31.6 Å². The number of nitrogens with zero attached hydrogens (tertiary/aromatic N) is 5. The van der Waals surface area contributed by atoms with E-state index >= 15 is 0 Å². The van der Waals surface area contributed by atoms with Crippen molar-refractivity contribution < 1.29 is 13.3 Å². The molecule has 0 saturated heterocycles. The van der Waals surface area contributed by atoms with E-state index in [1.807, 2.05) is 39.4 Å². The van der Waals surface area contributed by atoms with E-state index < -0.39 is 11.3 Å². The number of aromatic nitrogens is 5. The molecule has 0 amide bonds. The predicted molar refractivity (Wildman–Crippen MR) is 123 cm³/mol. The third-order valence-corrected chi connectivity index (χ3v) is 6.77. The maximum atomic E-state index is 13.8. The van der Waals surface area contributed by atoms with Crippen LogP contribution in [0.1, 0.15) is 37.1 Å². The lowest BCUT2D eigenvalue weighted by atomic mass is 9.52. The number of hydrogen-bond acceptors (Lipinski definition) is 4. The van der Waals surface area contributed by atoms with Gasteiger partial charge < -0.3 is 9.09 Å². The number of alkyl halides is 2. The minimum Gasteiger partial charge on any atom is -0.361 e. The maximum Gasteiger partial charge on any atom is 0.248 e. The summed E-state index contributed by atoms with van der Waals surface area (Å²) in [6.07, 6.45) is 7.33. The fraction of sp³-hybridized carbons (Fsp3) is 0.435. The zero-order valence-electron chi connectivity index (χ0n) is 18.8. The van der Waals surface area contributed by atoms with Gasteiger partial charge in [0.15, 0.2) is 0 Å². The molecule has 1 aliphatic carbocycles. The van der Waals surface area contributed by atoms with Crippen molar-refractivity contribution in [2.24, 2.45) is 13.0 Å². The molecule has 0 N–H and O–H groups in total. The molecular weight excluding hydrogens is 422 g/mol.